The molecular weight excluding hydrogens is 336 g/mol. The third-order valence-corrected chi connectivity index (χ3v) is 5.66. The van der Waals surface area contributed by atoms with Crippen LogP contribution in [0.2, 0.25) is 5.02 Å². The molecule has 0 bridgehead atoms. The van der Waals surface area contributed by atoms with Gasteiger partial charge in [-0.05, 0) is 49.0 Å². The average molecular weight is 360 g/mol. The van der Waals surface area contributed by atoms with Gasteiger partial charge in [0, 0.05) is 22.1 Å². The van der Waals surface area contributed by atoms with Crippen molar-refractivity contribution >= 4 is 27.5 Å². The Balaban J connectivity index is 2.13. The van der Waals surface area contributed by atoms with E-state index in [1.807, 2.05) is 12.1 Å². The second-order valence-electron chi connectivity index (χ2n) is 6.12. The fraction of sp³-hybridized carbons (Fsp3) is 0.625. The Kier molecular flexibility index (Phi) is 5.52. The van der Waals surface area contributed by atoms with Gasteiger partial charge in [0.25, 0.3) is 0 Å². The Morgan fingerprint density at radius 3 is 2.55 bits per heavy atom. The molecule has 0 spiro atoms. The first-order valence-electron chi connectivity index (χ1n) is 7.38. The molecule has 1 fully saturated rings. The fourth-order valence-electron chi connectivity index (χ4n) is 2.97. The van der Waals surface area contributed by atoms with Crippen molar-refractivity contribution in [3.8, 4) is 0 Å². The molecule has 0 saturated carbocycles. The van der Waals surface area contributed by atoms with Gasteiger partial charge in [0.1, 0.15) is 0 Å². The first-order valence-corrected chi connectivity index (χ1v) is 8.55. The van der Waals surface area contributed by atoms with E-state index in [4.69, 9.17) is 17.3 Å². The average Bonchev–Trinajstić information content (AvgIpc) is 2.44. The number of halogens is 2. The van der Waals surface area contributed by atoms with Crippen LogP contribution >= 0.6 is 27.5 Å². The summed E-state index contributed by atoms with van der Waals surface area (Å²) in [6, 6.07) is 6.33. The molecule has 0 aliphatic carbocycles. The summed E-state index contributed by atoms with van der Waals surface area (Å²) in [6.45, 7) is 7.53. The van der Waals surface area contributed by atoms with Crippen LogP contribution in [0, 0.1) is 5.41 Å². The molecule has 1 aliphatic heterocycles. The van der Waals surface area contributed by atoms with Gasteiger partial charge in [0.15, 0.2) is 0 Å². The second-order valence-corrected chi connectivity index (χ2v) is 7.44. The number of nitrogens with two attached hydrogens (primary N) is 1. The first-order chi connectivity index (χ1) is 9.49. The van der Waals surface area contributed by atoms with Crippen molar-refractivity contribution < 1.29 is 0 Å². The number of benzene rings is 1. The molecule has 0 aromatic heterocycles. The molecule has 2 nitrogen and oxygen atoms in total. The number of hydrogen-bond donors (Lipinski definition) is 1. The second kappa shape index (κ2) is 6.78. The highest BCUT2D eigenvalue weighted by Gasteiger charge is 2.32. The minimum atomic E-state index is 0.233. The summed E-state index contributed by atoms with van der Waals surface area (Å²) in [7, 11) is 0. The van der Waals surface area contributed by atoms with E-state index in [1.54, 1.807) is 0 Å². The van der Waals surface area contributed by atoms with E-state index in [0.29, 0.717) is 12.0 Å². The SMILES string of the molecule is CCC1(C)CCN(C(CN)c2ccc(Br)cc2Cl)CC1. The summed E-state index contributed by atoms with van der Waals surface area (Å²) in [5.74, 6) is 0. The topological polar surface area (TPSA) is 29.3 Å². The third-order valence-electron chi connectivity index (χ3n) is 4.84. The number of rotatable bonds is 4. The van der Waals surface area contributed by atoms with Crippen LogP contribution in [0.3, 0.4) is 0 Å². The van der Waals surface area contributed by atoms with Crippen molar-refractivity contribution in [1.29, 1.82) is 0 Å². The summed E-state index contributed by atoms with van der Waals surface area (Å²) in [4.78, 5) is 2.49. The van der Waals surface area contributed by atoms with Crippen LogP contribution in [0.25, 0.3) is 0 Å². The van der Waals surface area contributed by atoms with Crippen LogP contribution in [0.4, 0.5) is 0 Å². The van der Waals surface area contributed by atoms with Gasteiger partial charge in [0.2, 0.25) is 0 Å². The van der Waals surface area contributed by atoms with E-state index < -0.39 is 0 Å². The first kappa shape index (κ1) is 16.3. The normalized spacial score (nSPS) is 20.9. The van der Waals surface area contributed by atoms with Crippen molar-refractivity contribution in [2.45, 2.75) is 39.2 Å². The van der Waals surface area contributed by atoms with E-state index >= 15 is 0 Å². The predicted molar refractivity (Wildman–Crippen MR) is 90.2 cm³/mol. The quantitative estimate of drug-likeness (QED) is 0.850. The van der Waals surface area contributed by atoms with E-state index in [-0.39, 0.29) is 6.04 Å². The monoisotopic (exact) mass is 358 g/mol. The third kappa shape index (κ3) is 3.56. The van der Waals surface area contributed by atoms with Gasteiger partial charge in [-0.1, -0.05) is 53.9 Å². The number of likely N-dealkylation sites (tertiary alicyclic amines) is 1. The lowest BCUT2D eigenvalue weighted by molar-refractivity contribution is 0.0829. The summed E-state index contributed by atoms with van der Waals surface area (Å²) in [5, 5.41) is 0.804. The lowest BCUT2D eigenvalue weighted by Crippen LogP contribution is -2.42. The predicted octanol–water partition coefficient (Wildman–Crippen LogP) is 4.61. The maximum Gasteiger partial charge on any atom is 0.0485 e. The summed E-state index contributed by atoms with van der Waals surface area (Å²) in [6.07, 6.45) is 3.75. The zero-order valence-electron chi connectivity index (χ0n) is 12.3. The maximum atomic E-state index is 6.39. The Morgan fingerprint density at radius 2 is 2.05 bits per heavy atom. The van der Waals surface area contributed by atoms with Gasteiger partial charge in [-0.3, -0.25) is 4.90 Å². The van der Waals surface area contributed by atoms with Crippen molar-refractivity contribution in [2.24, 2.45) is 11.1 Å². The van der Waals surface area contributed by atoms with Crippen molar-refractivity contribution in [2.75, 3.05) is 19.6 Å². The molecule has 1 aromatic rings. The summed E-state index contributed by atoms with van der Waals surface area (Å²) >= 11 is 9.85. The highest BCUT2D eigenvalue weighted by atomic mass is 79.9. The molecule has 1 heterocycles. The number of piperidine rings is 1. The maximum absolute atomic E-state index is 6.39. The number of hydrogen-bond acceptors (Lipinski definition) is 2. The van der Waals surface area contributed by atoms with Gasteiger partial charge >= 0.3 is 0 Å². The van der Waals surface area contributed by atoms with Crippen molar-refractivity contribution in [1.82, 2.24) is 4.90 Å². The van der Waals surface area contributed by atoms with E-state index in [9.17, 15) is 0 Å². The molecule has 2 rings (SSSR count). The van der Waals surface area contributed by atoms with Gasteiger partial charge in [-0.25, -0.2) is 0 Å². The minimum absolute atomic E-state index is 0.233. The minimum Gasteiger partial charge on any atom is -0.329 e. The molecule has 1 unspecified atom stereocenters. The molecule has 1 aromatic carbocycles. The van der Waals surface area contributed by atoms with Crippen molar-refractivity contribution in [3.05, 3.63) is 33.3 Å². The van der Waals surface area contributed by atoms with E-state index in [2.05, 4.69) is 40.7 Å². The largest absolute Gasteiger partial charge is 0.329 e. The van der Waals surface area contributed by atoms with Gasteiger partial charge in [-0.2, -0.15) is 0 Å². The van der Waals surface area contributed by atoms with Crippen LogP contribution in [0.15, 0.2) is 22.7 Å². The highest BCUT2D eigenvalue weighted by molar-refractivity contribution is 9.10. The highest BCUT2D eigenvalue weighted by Crippen LogP contribution is 2.38. The molecule has 1 aliphatic rings. The Labute approximate surface area is 135 Å². The summed E-state index contributed by atoms with van der Waals surface area (Å²) in [5.41, 5.74) is 7.68. The zero-order valence-corrected chi connectivity index (χ0v) is 14.7. The van der Waals surface area contributed by atoms with Gasteiger partial charge in [-0.15, -0.1) is 0 Å². The van der Waals surface area contributed by atoms with Crippen LogP contribution in [0.5, 0.6) is 0 Å². The molecule has 112 valence electrons. The Bertz CT molecular complexity index is 456. The fourth-order valence-corrected chi connectivity index (χ4v) is 3.77. The zero-order chi connectivity index (χ0) is 14.8. The van der Waals surface area contributed by atoms with Crippen LogP contribution in [-0.4, -0.2) is 24.5 Å². The molecule has 20 heavy (non-hydrogen) atoms. The Morgan fingerprint density at radius 1 is 1.40 bits per heavy atom. The van der Waals surface area contributed by atoms with E-state index in [1.165, 1.54) is 19.3 Å². The molecular formula is C16H24BrClN2. The van der Waals surface area contributed by atoms with Crippen LogP contribution in [-0.2, 0) is 0 Å². The van der Waals surface area contributed by atoms with Crippen molar-refractivity contribution in [3.63, 3.8) is 0 Å². The van der Waals surface area contributed by atoms with Gasteiger partial charge in [0.05, 0.1) is 0 Å². The van der Waals surface area contributed by atoms with Gasteiger partial charge < -0.3 is 5.73 Å². The molecule has 4 heteroatoms. The molecule has 0 amide bonds. The molecule has 0 radical (unpaired) electrons. The van der Waals surface area contributed by atoms with E-state index in [0.717, 1.165) is 28.1 Å². The molecule has 2 N–H and O–H groups in total. The lowest BCUT2D eigenvalue weighted by Gasteiger charge is -2.42. The molecule has 1 saturated heterocycles. The Hall–Kier alpha value is -0.0900. The summed E-state index contributed by atoms with van der Waals surface area (Å²) < 4.78 is 1.01. The standard InChI is InChI=1S/C16H24BrClN2/c1-3-16(2)6-8-20(9-7-16)15(11-19)13-5-4-12(17)10-14(13)18/h4-5,10,15H,3,6-9,11,19H2,1-2H3. The van der Waals surface area contributed by atoms with Crippen LogP contribution < -0.4 is 5.73 Å². The smallest absolute Gasteiger partial charge is 0.0485 e. The number of nitrogens with zero attached hydrogens (tertiary/aromatic N) is 1. The lowest BCUT2D eigenvalue weighted by atomic mass is 9.78. The molecule has 1 atom stereocenters. The van der Waals surface area contributed by atoms with Crippen LogP contribution in [0.1, 0.15) is 44.7 Å².